The van der Waals surface area contributed by atoms with Gasteiger partial charge in [0.05, 0.1) is 17.7 Å². The number of aryl methyl sites for hydroxylation is 1. The first-order valence-electron chi connectivity index (χ1n) is 10.8. The fourth-order valence-corrected chi connectivity index (χ4v) is 3.89. The predicted octanol–water partition coefficient (Wildman–Crippen LogP) is 4.04. The Morgan fingerprint density at radius 1 is 1.09 bits per heavy atom. The van der Waals surface area contributed by atoms with Crippen molar-refractivity contribution in [1.82, 2.24) is 9.47 Å². The molecular formula is C25H27N3O4. The summed E-state index contributed by atoms with van der Waals surface area (Å²) in [6.45, 7) is 7.31. The van der Waals surface area contributed by atoms with E-state index in [0.29, 0.717) is 24.0 Å². The number of ether oxygens (including phenoxy) is 1. The number of amides is 2. The summed E-state index contributed by atoms with van der Waals surface area (Å²) in [4.78, 5) is 38.3. The molecule has 0 N–H and O–H groups in total. The molecule has 1 aromatic heterocycles. The number of unbranched alkanes of at least 4 members (excludes halogenated alkanes) is 1. The highest BCUT2D eigenvalue weighted by atomic mass is 16.5. The second kappa shape index (κ2) is 10.1. The molecular weight excluding hydrogens is 406 g/mol. The van der Waals surface area contributed by atoms with Gasteiger partial charge in [-0.25, -0.2) is 4.79 Å². The Kier molecular flexibility index (Phi) is 7.26. The fraction of sp³-hybridized carbons (Fsp3) is 0.360. The zero-order chi connectivity index (χ0) is 23.3. The van der Waals surface area contributed by atoms with Crippen LogP contribution in [0.1, 0.15) is 63.9 Å². The van der Waals surface area contributed by atoms with Gasteiger partial charge in [0.15, 0.2) is 0 Å². The van der Waals surface area contributed by atoms with Gasteiger partial charge in [0.2, 0.25) is 0 Å². The number of carbonyl (C=O) groups excluding carboxylic acids is 3. The summed E-state index contributed by atoms with van der Waals surface area (Å²) < 4.78 is 7.41. The lowest BCUT2D eigenvalue weighted by Gasteiger charge is -2.13. The number of nitriles is 1. The molecule has 0 unspecified atom stereocenters. The highest BCUT2D eigenvalue weighted by Gasteiger charge is 2.34. The lowest BCUT2D eigenvalue weighted by Crippen LogP contribution is -2.30. The topological polar surface area (TPSA) is 92.4 Å². The van der Waals surface area contributed by atoms with Crippen molar-refractivity contribution in [2.45, 2.75) is 46.6 Å². The van der Waals surface area contributed by atoms with Crippen LogP contribution >= 0.6 is 0 Å². The van der Waals surface area contributed by atoms with Gasteiger partial charge in [-0.3, -0.25) is 14.5 Å². The average Bonchev–Trinajstić information content (AvgIpc) is 3.19. The number of rotatable bonds is 9. The molecule has 0 atom stereocenters. The first-order chi connectivity index (χ1) is 15.4. The van der Waals surface area contributed by atoms with Crippen molar-refractivity contribution < 1.29 is 19.1 Å². The molecule has 7 nitrogen and oxygen atoms in total. The second-order valence-corrected chi connectivity index (χ2v) is 7.80. The molecule has 1 aromatic carbocycles. The molecule has 166 valence electrons. The van der Waals surface area contributed by atoms with Gasteiger partial charge in [0.1, 0.15) is 11.6 Å². The largest absolute Gasteiger partial charge is 0.462 e. The molecule has 32 heavy (non-hydrogen) atoms. The summed E-state index contributed by atoms with van der Waals surface area (Å²) in [7, 11) is 0. The fourth-order valence-electron chi connectivity index (χ4n) is 3.89. The van der Waals surface area contributed by atoms with E-state index in [0.717, 1.165) is 29.9 Å². The van der Waals surface area contributed by atoms with Crippen molar-refractivity contribution in [3.8, 4) is 6.07 Å². The highest BCUT2D eigenvalue weighted by molar-refractivity contribution is 6.21. The Morgan fingerprint density at radius 3 is 2.34 bits per heavy atom. The summed E-state index contributed by atoms with van der Waals surface area (Å²) in [5, 5.41) is 9.41. The second-order valence-electron chi connectivity index (χ2n) is 7.80. The molecule has 0 fully saturated rings. The maximum atomic E-state index is 12.3. The minimum Gasteiger partial charge on any atom is -0.462 e. The monoisotopic (exact) mass is 433 g/mol. The molecule has 0 spiro atoms. The molecule has 2 heterocycles. The van der Waals surface area contributed by atoms with Crippen molar-refractivity contribution >= 4 is 23.9 Å². The van der Waals surface area contributed by atoms with Gasteiger partial charge >= 0.3 is 5.97 Å². The maximum Gasteiger partial charge on any atom is 0.348 e. The lowest BCUT2D eigenvalue weighted by atomic mass is 10.1. The summed E-state index contributed by atoms with van der Waals surface area (Å²) in [5.41, 5.74) is 3.70. The average molecular weight is 434 g/mol. The van der Waals surface area contributed by atoms with Gasteiger partial charge in [0, 0.05) is 24.5 Å². The Morgan fingerprint density at radius 2 is 1.75 bits per heavy atom. The third-order valence-corrected chi connectivity index (χ3v) is 5.59. The molecule has 0 aliphatic carbocycles. The predicted molar refractivity (Wildman–Crippen MR) is 120 cm³/mol. The van der Waals surface area contributed by atoms with E-state index in [-0.39, 0.29) is 30.5 Å². The van der Waals surface area contributed by atoms with E-state index < -0.39 is 5.97 Å². The number of carbonyl (C=O) groups is 3. The molecule has 2 aromatic rings. The maximum absolute atomic E-state index is 12.3. The number of hydrogen-bond donors (Lipinski definition) is 0. The van der Waals surface area contributed by atoms with Crippen molar-refractivity contribution in [2.24, 2.45) is 0 Å². The van der Waals surface area contributed by atoms with E-state index in [2.05, 4.69) is 11.5 Å². The van der Waals surface area contributed by atoms with Crippen LogP contribution in [0.5, 0.6) is 0 Å². The number of esters is 1. The number of imide groups is 1. The van der Waals surface area contributed by atoms with Gasteiger partial charge in [-0.15, -0.1) is 0 Å². The number of fused-ring (bicyclic) bond motifs is 1. The van der Waals surface area contributed by atoms with Crippen LogP contribution in [0, 0.1) is 25.2 Å². The molecule has 2 amide bonds. The number of benzene rings is 1. The Bertz CT molecular complexity index is 1090. The third kappa shape index (κ3) is 4.65. The molecule has 0 radical (unpaired) electrons. The van der Waals surface area contributed by atoms with Crippen molar-refractivity contribution in [1.29, 1.82) is 5.26 Å². The van der Waals surface area contributed by atoms with Crippen LogP contribution in [0.25, 0.3) is 6.08 Å². The van der Waals surface area contributed by atoms with Gasteiger partial charge in [0.25, 0.3) is 11.8 Å². The zero-order valence-corrected chi connectivity index (χ0v) is 18.7. The van der Waals surface area contributed by atoms with Crippen LogP contribution in [-0.2, 0) is 16.1 Å². The normalized spacial score (nSPS) is 13.3. The van der Waals surface area contributed by atoms with E-state index in [1.165, 1.54) is 4.90 Å². The number of hydrogen-bond acceptors (Lipinski definition) is 5. The van der Waals surface area contributed by atoms with Crippen LogP contribution in [0.3, 0.4) is 0 Å². The van der Waals surface area contributed by atoms with Crippen molar-refractivity contribution in [3.05, 3.63) is 64.0 Å². The molecule has 7 heteroatoms. The summed E-state index contributed by atoms with van der Waals surface area (Å²) >= 11 is 0. The minimum atomic E-state index is -0.673. The Balaban J connectivity index is 1.51. The van der Waals surface area contributed by atoms with Crippen molar-refractivity contribution in [2.75, 3.05) is 13.2 Å². The van der Waals surface area contributed by atoms with Crippen LogP contribution in [-0.4, -0.2) is 40.4 Å². The summed E-state index contributed by atoms with van der Waals surface area (Å²) in [6, 6.07) is 10.6. The van der Waals surface area contributed by atoms with E-state index in [1.807, 2.05) is 26.0 Å². The van der Waals surface area contributed by atoms with E-state index in [9.17, 15) is 19.6 Å². The van der Waals surface area contributed by atoms with Crippen LogP contribution in [0.2, 0.25) is 0 Å². The van der Waals surface area contributed by atoms with E-state index >= 15 is 0 Å². The molecule has 3 rings (SSSR count). The zero-order valence-electron chi connectivity index (χ0n) is 18.7. The smallest absolute Gasteiger partial charge is 0.348 e. The van der Waals surface area contributed by atoms with Gasteiger partial charge in [-0.05, 0) is 62.9 Å². The molecule has 0 saturated carbocycles. The first-order valence-corrected chi connectivity index (χ1v) is 10.8. The van der Waals surface area contributed by atoms with Gasteiger partial charge < -0.3 is 9.30 Å². The number of aromatic nitrogens is 1. The standard InChI is InChI=1S/C25H27N3O4/c1-4-11-27-17(2)14-19(18(27)3)15-20(16-26)25(31)32-13-8-7-12-28-23(29)21-9-5-6-10-22(21)24(28)30/h5-6,9-10,14-15H,4,7-8,11-13H2,1-3H3/b20-15+. The van der Waals surface area contributed by atoms with E-state index in [1.54, 1.807) is 30.3 Å². The lowest BCUT2D eigenvalue weighted by molar-refractivity contribution is -0.138. The van der Waals surface area contributed by atoms with Crippen LogP contribution in [0.15, 0.2) is 35.9 Å². The third-order valence-electron chi connectivity index (χ3n) is 5.59. The Labute approximate surface area is 187 Å². The number of nitrogens with zero attached hydrogens (tertiary/aromatic N) is 3. The van der Waals surface area contributed by atoms with Gasteiger partial charge in [-0.2, -0.15) is 5.26 Å². The van der Waals surface area contributed by atoms with E-state index in [4.69, 9.17) is 4.74 Å². The van der Waals surface area contributed by atoms with Gasteiger partial charge in [-0.1, -0.05) is 19.1 Å². The molecule has 1 aliphatic rings. The quantitative estimate of drug-likeness (QED) is 0.196. The van der Waals surface area contributed by atoms with Crippen LogP contribution in [0.4, 0.5) is 0 Å². The highest BCUT2D eigenvalue weighted by Crippen LogP contribution is 2.23. The Hall–Kier alpha value is -3.66. The van der Waals surface area contributed by atoms with Crippen molar-refractivity contribution in [3.63, 3.8) is 0 Å². The minimum absolute atomic E-state index is 0.0536. The summed E-state index contributed by atoms with van der Waals surface area (Å²) in [6.07, 6.45) is 3.54. The molecule has 0 bridgehead atoms. The van der Waals surface area contributed by atoms with Crippen LogP contribution < -0.4 is 0 Å². The SMILES string of the molecule is CCCn1c(C)cc(/C=C(\C#N)C(=O)OCCCCN2C(=O)c3ccccc3C2=O)c1C. The summed E-state index contributed by atoms with van der Waals surface area (Å²) in [5.74, 6) is -1.26. The first kappa shape index (κ1) is 23.0. The molecule has 0 saturated heterocycles. The molecule has 1 aliphatic heterocycles.